The minimum Gasteiger partial charge on any atom is -0.465 e. The highest BCUT2D eigenvalue weighted by Gasteiger charge is 2.50. The van der Waals surface area contributed by atoms with Crippen molar-refractivity contribution >= 4 is 11.9 Å². The molecule has 5 nitrogen and oxygen atoms in total. The molecule has 0 aromatic rings. The van der Waals surface area contributed by atoms with Crippen LogP contribution in [0, 0.1) is 10.8 Å². The van der Waals surface area contributed by atoms with Crippen LogP contribution in [0.4, 0.5) is 0 Å². The first-order chi connectivity index (χ1) is 11.6. The molecule has 1 rings (SSSR count). The summed E-state index contributed by atoms with van der Waals surface area (Å²) >= 11 is 0. The Labute approximate surface area is 152 Å². The zero-order chi connectivity index (χ0) is 19.1. The molecule has 0 atom stereocenters. The number of hydrogen-bond acceptors (Lipinski definition) is 5. The molecule has 1 fully saturated rings. The Bertz CT molecular complexity index is 447. The molecule has 0 heterocycles. The van der Waals surface area contributed by atoms with E-state index < -0.39 is 11.0 Å². The molecule has 1 aliphatic carbocycles. The van der Waals surface area contributed by atoms with E-state index in [-0.39, 0.29) is 30.4 Å². The highest BCUT2D eigenvalue weighted by molar-refractivity contribution is 5.76. The van der Waals surface area contributed by atoms with E-state index in [1.807, 2.05) is 27.7 Å². The molecule has 1 aliphatic rings. The van der Waals surface area contributed by atoms with Crippen LogP contribution in [0.1, 0.15) is 80.1 Å². The monoisotopic (exact) mass is 356 g/mol. The Balaban J connectivity index is 2.59. The van der Waals surface area contributed by atoms with Crippen LogP contribution in [0.25, 0.3) is 0 Å². The van der Waals surface area contributed by atoms with Crippen molar-refractivity contribution in [3.63, 3.8) is 0 Å². The lowest BCUT2D eigenvalue weighted by Crippen LogP contribution is -2.49. The molecule has 1 saturated carbocycles. The smallest absolute Gasteiger partial charge is 0.311 e. The number of carbonyl (C=O) groups excluding carboxylic acids is 2. The third kappa shape index (κ3) is 5.70. The van der Waals surface area contributed by atoms with E-state index in [1.54, 1.807) is 0 Å². The lowest BCUT2D eigenvalue weighted by Gasteiger charge is -2.43. The summed E-state index contributed by atoms with van der Waals surface area (Å²) in [5.74, 6) is -0.566. The second-order valence-corrected chi connectivity index (χ2v) is 8.32. The molecule has 0 spiro atoms. The molecule has 0 saturated heterocycles. The molecule has 146 valence electrons. The van der Waals surface area contributed by atoms with Crippen LogP contribution >= 0.6 is 0 Å². The van der Waals surface area contributed by atoms with Gasteiger partial charge in [0, 0.05) is 12.0 Å². The van der Waals surface area contributed by atoms with Crippen molar-refractivity contribution in [3.05, 3.63) is 0 Å². The predicted molar refractivity (Wildman–Crippen MR) is 97.2 cm³/mol. The summed E-state index contributed by atoms with van der Waals surface area (Å²) in [5, 5.41) is 0. The van der Waals surface area contributed by atoms with Gasteiger partial charge in [0.2, 0.25) is 0 Å². The second kappa shape index (κ2) is 9.02. The Hall–Kier alpha value is -1.10. The highest BCUT2D eigenvalue weighted by Crippen LogP contribution is 2.47. The highest BCUT2D eigenvalue weighted by atomic mass is 16.6. The van der Waals surface area contributed by atoms with E-state index >= 15 is 0 Å². The Kier molecular flexibility index (Phi) is 7.91. The van der Waals surface area contributed by atoms with Crippen LogP contribution in [0.2, 0.25) is 0 Å². The van der Waals surface area contributed by atoms with Crippen LogP contribution in [0.15, 0.2) is 0 Å². The summed E-state index contributed by atoms with van der Waals surface area (Å²) in [6, 6.07) is 0. The van der Waals surface area contributed by atoms with Gasteiger partial charge in [0.25, 0.3) is 0 Å². The molecule has 0 N–H and O–H groups in total. The van der Waals surface area contributed by atoms with Gasteiger partial charge in [-0.1, -0.05) is 20.8 Å². The van der Waals surface area contributed by atoms with E-state index in [4.69, 9.17) is 14.2 Å². The minimum atomic E-state index is -0.518. The Morgan fingerprint density at radius 1 is 1.04 bits per heavy atom. The maximum absolute atomic E-state index is 12.4. The average Bonchev–Trinajstić information content (AvgIpc) is 3.03. The van der Waals surface area contributed by atoms with Crippen LogP contribution in [-0.2, 0) is 23.8 Å². The summed E-state index contributed by atoms with van der Waals surface area (Å²) in [5.41, 5.74) is -1.24. The van der Waals surface area contributed by atoms with Gasteiger partial charge in [0.1, 0.15) is 12.2 Å². The molecule has 0 unspecified atom stereocenters. The number of hydrogen-bond donors (Lipinski definition) is 0. The predicted octanol–water partition coefficient (Wildman–Crippen LogP) is 4.27. The van der Waals surface area contributed by atoms with Crippen molar-refractivity contribution in [1.82, 2.24) is 0 Å². The van der Waals surface area contributed by atoms with Crippen molar-refractivity contribution in [3.8, 4) is 0 Å². The van der Waals surface area contributed by atoms with Gasteiger partial charge < -0.3 is 14.2 Å². The molecule has 5 heteroatoms. The lowest BCUT2D eigenvalue weighted by molar-refractivity contribution is -0.181. The number of rotatable bonds is 10. The van der Waals surface area contributed by atoms with E-state index in [2.05, 4.69) is 13.8 Å². The molecule has 0 bridgehead atoms. The number of ether oxygens (including phenoxy) is 3. The van der Waals surface area contributed by atoms with Gasteiger partial charge in [-0.25, -0.2) is 0 Å². The third-order valence-electron chi connectivity index (χ3n) is 5.60. The van der Waals surface area contributed by atoms with Crippen LogP contribution < -0.4 is 0 Å². The van der Waals surface area contributed by atoms with Crippen LogP contribution in [0.5, 0.6) is 0 Å². The summed E-state index contributed by atoms with van der Waals surface area (Å²) in [7, 11) is 0. The van der Waals surface area contributed by atoms with Gasteiger partial charge >= 0.3 is 11.9 Å². The van der Waals surface area contributed by atoms with Crippen molar-refractivity contribution in [1.29, 1.82) is 0 Å². The van der Waals surface area contributed by atoms with Gasteiger partial charge in [-0.3, -0.25) is 9.59 Å². The zero-order valence-corrected chi connectivity index (χ0v) is 16.9. The van der Waals surface area contributed by atoms with E-state index in [1.165, 1.54) is 0 Å². The first-order valence-electron chi connectivity index (χ1n) is 9.57. The number of esters is 2. The summed E-state index contributed by atoms with van der Waals surface area (Å²) < 4.78 is 16.8. The maximum atomic E-state index is 12.4. The average molecular weight is 357 g/mol. The van der Waals surface area contributed by atoms with Crippen molar-refractivity contribution in [2.24, 2.45) is 10.8 Å². The molecule has 25 heavy (non-hydrogen) atoms. The van der Waals surface area contributed by atoms with Gasteiger partial charge in [0.05, 0.1) is 18.4 Å². The topological polar surface area (TPSA) is 61.8 Å². The standard InChI is InChI=1S/C20H36O5/c1-7-18(3,4)17(22)24-14-11-16(21)25-20(12-9-10-13-20)19(5,6)15-23-8-2/h7-15H2,1-6H3. The lowest BCUT2D eigenvalue weighted by atomic mass is 9.74. The first-order valence-corrected chi connectivity index (χ1v) is 9.57. The van der Waals surface area contributed by atoms with Gasteiger partial charge in [-0.15, -0.1) is 0 Å². The largest absolute Gasteiger partial charge is 0.465 e. The molecule has 0 amide bonds. The van der Waals surface area contributed by atoms with Gasteiger partial charge in [-0.05, 0) is 52.9 Å². The van der Waals surface area contributed by atoms with Gasteiger partial charge in [-0.2, -0.15) is 0 Å². The van der Waals surface area contributed by atoms with Gasteiger partial charge in [0.15, 0.2) is 0 Å². The SMILES string of the molecule is CCOCC(C)(C)C1(OC(=O)CCOC(=O)C(C)(C)CC)CCCC1. The van der Waals surface area contributed by atoms with Crippen molar-refractivity contribution in [2.75, 3.05) is 19.8 Å². The Morgan fingerprint density at radius 2 is 1.64 bits per heavy atom. The number of carbonyl (C=O) groups is 2. The molecular formula is C20H36O5. The second-order valence-electron chi connectivity index (χ2n) is 8.32. The molecule has 0 radical (unpaired) electrons. The summed E-state index contributed by atoms with van der Waals surface area (Å²) in [4.78, 5) is 24.3. The zero-order valence-electron chi connectivity index (χ0n) is 16.9. The van der Waals surface area contributed by atoms with E-state index in [9.17, 15) is 9.59 Å². The quantitative estimate of drug-likeness (QED) is 0.547. The molecule has 0 aliphatic heterocycles. The van der Waals surface area contributed by atoms with E-state index in [0.717, 1.165) is 25.7 Å². The van der Waals surface area contributed by atoms with Crippen LogP contribution in [-0.4, -0.2) is 37.4 Å². The Morgan fingerprint density at radius 3 is 2.16 bits per heavy atom. The maximum Gasteiger partial charge on any atom is 0.311 e. The third-order valence-corrected chi connectivity index (χ3v) is 5.60. The normalized spacial score (nSPS) is 17.4. The fourth-order valence-corrected chi connectivity index (χ4v) is 3.19. The molecule has 0 aromatic carbocycles. The fourth-order valence-electron chi connectivity index (χ4n) is 3.19. The minimum absolute atomic E-state index is 0.0725. The summed E-state index contributed by atoms with van der Waals surface area (Å²) in [6.45, 7) is 13.1. The van der Waals surface area contributed by atoms with Crippen LogP contribution in [0.3, 0.4) is 0 Å². The molecular weight excluding hydrogens is 320 g/mol. The van der Waals surface area contributed by atoms with Crippen molar-refractivity contribution in [2.45, 2.75) is 85.7 Å². The van der Waals surface area contributed by atoms with Crippen molar-refractivity contribution < 1.29 is 23.8 Å². The molecule has 0 aromatic heterocycles. The fraction of sp³-hybridized carbons (Fsp3) is 0.900. The van der Waals surface area contributed by atoms with E-state index in [0.29, 0.717) is 19.6 Å². The summed E-state index contributed by atoms with van der Waals surface area (Å²) in [6.07, 6.45) is 4.64. The first kappa shape index (κ1) is 21.9.